The summed E-state index contributed by atoms with van der Waals surface area (Å²) in [6, 6.07) is 5.58. The van der Waals surface area contributed by atoms with E-state index in [1.54, 1.807) is 17.0 Å². The number of methoxy groups -OCH3 is 1. The monoisotopic (exact) mass is 375 g/mol. The van der Waals surface area contributed by atoms with Crippen LogP contribution in [-0.2, 0) is 11.3 Å². The summed E-state index contributed by atoms with van der Waals surface area (Å²) < 4.78 is 23.8. The van der Waals surface area contributed by atoms with Gasteiger partial charge in [0.05, 0.1) is 19.3 Å². The molecule has 27 heavy (non-hydrogen) atoms. The maximum atomic E-state index is 13.9. The van der Waals surface area contributed by atoms with Crippen molar-refractivity contribution in [1.29, 1.82) is 0 Å². The third-order valence-corrected chi connectivity index (χ3v) is 4.64. The summed E-state index contributed by atoms with van der Waals surface area (Å²) in [4.78, 5) is 30.1. The number of aromatic nitrogens is 1. The number of urea groups is 1. The number of nitrogens with one attached hydrogen (secondary N) is 1. The quantitative estimate of drug-likeness (QED) is 0.800. The van der Waals surface area contributed by atoms with Gasteiger partial charge >= 0.3 is 12.0 Å². The number of ether oxygens (including phenoxy) is 1. The smallest absolute Gasteiger partial charge is 0.360 e. The molecule has 0 atom stereocenters. The number of hydrogen-bond acceptors (Lipinski definition) is 5. The number of amides is 2. The zero-order chi connectivity index (χ0) is 19.2. The molecule has 2 amide bonds. The molecule has 1 aliphatic rings. The molecule has 7 nitrogen and oxygen atoms in total. The van der Waals surface area contributed by atoms with Gasteiger partial charge in [0.1, 0.15) is 12.1 Å². The van der Waals surface area contributed by atoms with E-state index in [0.29, 0.717) is 0 Å². The first-order chi connectivity index (χ1) is 13.1. The van der Waals surface area contributed by atoms with Crippen LogP contribution in [-0.4, -0.2) is 35.0 Å². The van der Waals surface area contributed by atoms with E-state index in [4.69, 9.17) is 4.42 Å². The van der Waals surface area contributed by atoms with Crippen molar-refractivity contribution in [3.8, 4) is 0 Å². The van der Waals surface area contributed by atoms with E-state index in [-0.39, 0.29) is 29.9 Å². The van der Waals surface area contributed by atoms with Gasteiger partial charge in [-0.15, -0.1) is 0 Å². The van der Waals surface area contributed by atoms with Gasteiger partial charge in [-0.3, -0.25) is 0 Å². The highest BCUT2D eigenvalue weighted by atomic mass is 19.1. The Morgan fingerprint density at radius 3 is 2.74 bits per heavy atom. The molecule has 0 unspecified atom stereocenters. The molecule has 0 spiro atoms. The van der Waals surface area contributed by atoms with Gasteiger partial charge < -0.3 is 19.4 Å². The Bertz CT molecular complexity index is 802. The lowest BCUT2D eigenvalue weighted by atomic mass is 9.94. The summed E-state index contributed by atoms with van der Waals surface area (Å²) in [6.07, 6.45) is 6.09. The van der Waals surface area contributed by atoms with E-state index in [9.17, 15) is 14.0 Å². The second-order valence-electron chi connectivity index (χ2n) is 6.45. The van der Waals surface area contributed by atoms with Gasteiger partial charge in [-0.25, -0.2) is 19.0 Å². The molecule has 1 aromatic heterocycles. The van der Waals surface area contributed by atoms with Gasteiger partial charge in [0.15, 0.2) is 5.69 Å². The van der Waals surface area contributed by atoms with Gasteiger partial charge in [0.25, 0.3) is 0 Å². The highest BCUT2D eigenvalue weighted by molar-refractivity contribution is 5.89. The first-order valence-electron chi connectivity index (χ1n) is 8.93. The Labute approximate surface area is 156 Å². The molecule has 1 N–H and O–H groups in total. The summed E-state index contributed by atoms with van der Waals surface area (Å²) in [5.41, 5.74) is 0.163. The first-order valence-corrected chi connectivity index (χ1v) is 8.93. The van der Waals surface area contributed by atoms with Crippen LogP contribution in [0.2, 0.25) is 0 Å². The van der Waals surface area contributed by atoms with Crippen LogP contribution in [0.15, 0.2) is 34.9 Å². The number of halogens is 1. The van der Waals surface area contributed by atoms with E-state index in [1.165, 1.54) is 25.5 Å². The molecule has 0 aliphatic heterocycles. The Kier molecular flexibility index (Phi) is 6.05. The summed E-state index contributed by atoms with van der Waals surface area (Å²) in [5.74, 6) is -0.881. The number of esters is 1. The number of carbonyl (C=O) groups excluding carboxylic acids is 2. The van der Waals surface area contributed by atoms with E-state index in [1.807, 2.05) is 0 Å². The van der Waals surface area contributed by atoms with E-state index in [2.05, 4.69) is 15.0 Å². The molecule has 1 heterocycles. The maximum absolute atomic E-state index is 13.9. The number of para-hydroxylation sites is 1. The van der Waals surface area contributed by atoms with Crippen molar-refractivity contribution < 1.29 is 23.1 Å². The summed E-state index contributed by atoms with van der Waals surface area (Å²) >= 11 is 0. The first kappa shape index (κ1) is 18.9. The van der Waals surface area contributed by atoms with Crippen LogP contribution in [0.3, 0.4) is 0 Å². The predicted molar refractivity (Wildman–Crippen MR) is 95.7 cm³/mol. The van der Waals surface area contributed by atoms with Gasteiger partial charge in [0.2, 0.25) is 5.89 Å². The number of carbonyl (C=O) groups is 2. The highest BCUT2D eigenvalue weighted by Crippen LogP contribution is 2.25. The molecule has 144 valence electrons. The fourth-order valence-electron chi connectivity index (χ4n) is 3.24. The molecule has 0 saturated heterocycles. The van der Waals surface area contributed by atoms with Crippen molar-refractivity contribution in [2.24, 2.45) is 0 Å². The van der Waals surface area contributed by atoms with E-state index < -0.39 is 17.8 Å². The van der Waals surface area contributed by atoms with Crippen LogP contribution < -0.4 is 5.32 Å². The zero-order valence-electron chi connectivity index (χ0n) is 15.1. The number of hydrogen-bond donors (Lipinski definition) is 1. The SMILES string of the molecule is COC(=O)c1coc(CN(C(=O)Nc2ccccc2F)C2CCCCC2)n1. The fraction of sp³-hybridized carbons (Fsp3) is 0.421. The molecule has 1 aliphatic carbocycles. The minimum absolute atomic E-state index is 0.000926. The van der Waals surface area contributed by atoms with Crippen LogP contribution in [0.1, 0.15) is 48.5 Å². The summed E-state index contributed by atoms with van der Waals surface area (Å²) in [5, 5.41) is 2.62. The topological polar surface area (TPSA) is 84.7 Å². The lowest BCUT2D eigenvalue weighted by Crippen LogP contribution is -2.43. The second-order valence-corrected chi connectivity index (χ2v) is 6.45. The van der Waals surface area contributed by atoms with Crippen LogP contribution >= 0.6 is 0 Å². The van der Waals surface area contributed by atoms with Crippen LogP contribution in [0.5, 0.6) is 0 Å². The molecule has 0 bridgehead atoms. The number of rotatable bonds is 5. The second kappa shape index (κ2) is 8.66. The molecule has 8 heteroatoms. The normalized spacial score (nSPS) is 14.6. The number of nitrogens with zero attached hydrogens (tertiary/aromatic N) is 2. The largest absolute Gasteiger partial charge is 0.464 e. The van der Waals surface area contributed by atoms with E-state index >= 15 is 0 Å². The van der Waals surface area contributed by atoms with Crippen molar-refractivity contribution in [2.45, 2.75) is 44.7 Å². The van der Waals surface area contributed by atoms with Crippen molar-refractivity contribution in [3.63, 3.8) is 0 Å². The highest BCUT2D eigenvalue weighted by Gasteiger charge is 2.28. The van der Waals surface area contributed by atoms with Crippen molar-refractivity contribution in [1.82, 2.24) is 9.88 Å². The van der Waals surface area contributed by atoms with Gasteiger partial charge in [-0.05, 0) is 25.0 Å². The van der Waals surface area contributed by atoms with Crippen LogP contribution in [0.4, 0.5) is 14.9 Å². The Morgan fingerprint density at radius 2 is 2.04 bits per heavy atom. The summed E-state index contributed by atoms with van der Waals surface area (Å²) in [7, 11) is 1.26. The zero-order valence-corrected chi connectivity index (χ0v) is 15.1. The molecule has 1 fully saturated rings. The average Bonchev–Trinajstić information content (AvgIpc) is 3.16. The molecular weight excluding hydrogens is 353 g/mol. The summed E-state index contributed by atoms with van der Waals surface area (Å²) in [6.45, 7) is 0.0853. The Morgan fingerprint density at radius 1 is 1.30 bits per heavy atom. The number of anilines is 1. The molecule has 1 aromatic carbocycles. The van der Waals surface area contributed by atoms with Gasteiger partial charge in [0, 0.05) is 6.04 Å². The fourth-order valence-corrected chi connectivity index (χ4v) is 3.24. The van der Waals surface area contributed by atoms with E-state index in [0.717, 1.165) is 32.1 Å². The third-order valence-electron chi connectivity index (χ3n) is 4.64. The number of oxazole rings is 1. The molecule has 1 saturated carbocycles. The number of benzene rings is 1. The van der Waals surface area contributed by atoms with Crippen LogP contribution in [0.25, 0.3) is 0 Å². The molecule has 2 aromatic rings. The maximum Gasteiger partial charge on any atom is 0.360 e. The van der Waals surface area contributed by atoms with Crippen LogP contribution in [0, 0.1) is 5.82 Å². The standard InChI is InChI=1S/C19H22FN3O4/c1-26-18(24)16-12-27-17(21-16)11-23(13-7-3-2-4-8-13)19(25)22-15-10-6-5-9-14(15)20/h5-6,9-10,12-13H,2-4,7-8,11H2,1H3,(H,22,25). The minimum Gasteiger partial charge on any atom is -0.464 e. The Hall–Kier alpha value is -2.90. The van der Waals surface area contributed by atoms with Gasteiger partial charge in [-0.1, -0.05) is 31.4 Å². The predicted octanol–water partition coefficient (Wildman–Crippen LogP) is 3.97. The van der Waals surface area contributed by atoms with Crippen molar-refractivity contribution in [2.75, 3.05) is 12.4 Å². The lowest BCUT2D eigenvalue weighted by Gasteiger charge is -2.33. The van der Waals surface area contributed by atoms with Crippen molar-refractivity contribution in [3.05, 3.63) is 47.9 Å². The Balaban J connectivity index is 1.78. The minimum atomic E-state index is -0.606. The third kappa shape index (κ3) is 4.64. The lowest BCUT2D eigenvalue weighted by molar-refractivity contribution is 0.0594. The molecule has 3 rings (SSSR count). The molecule has 0 radical (unpaired) electrons. The van der Waals surface area contributed by atoms with Gasteiger partial charge in [-0.2, -0.15) is 0 Å². The molecular formula is C19H22FN3O4. The van der Waals surface area contributed by atoms with Crippen molar-refractivity contribution >= 4 is 17.7 Å². The average molecular weight is 375 g/mol.